The van der Waals surface area contributed by atoms with Gasteiger partial charge in [0.1, 0.15) is 0 Å². The van der Waals surface area contributed by atoms with Crippen LogP contribution in [0, 0.1) is 3.57 Å². The quantitative estimate of drug-likeness (QED) is 0.187. The van der Waals surface area contributed by atoms with Crippen molar-refractivity contribution >= 4 is 64.9 Å². The fourth-order valence-electron chi connectivity index (χ4n) is 4.92. The van der Waals surface area contributed by atoms with Gasteiger partial charge in [0.05, 0.1) is 5.69 Å². The molecule has 0 aliphatic carbocycles. The summed E-state index contributed by atoms with van der Waals surface area (Å²) in [6.45, 7) is 0. The fraction of sp³-hybridized carbons (Fsp3) is 0. The number of aromatic nitrogens is 1. The molecular formula is C33H20INS. The monoisotopic (exact) mass is 589 g/mol. The van der Waals surface area contributed by atoms with Crippen molar-refractivity contribution < 1.29 is 0 Å². The molecule has 0 aliphatic rings. The standard InChI is InChI=1S/C33H20INS/c34-27-15-12-21(13-16-27)22-8-9-24-19-25(11-10-23(24)18-22)26-14-17-31(35-20-26)30-6-3-5-29-28-4-1-2-7-32(28)36-33(29)30/h1-20H. The smallest absolute Gasteiger partial charge is 0.0716 e. The van der Waals surface area contributed by atoms with Crippen molar-refractivity contribution in [2.75, 3.05) is 0 Å². The molecule has 7 aromatic rings. The van der Waals surface area contributed by atoms with Crippen molar-refractivity contribution in [3.05, 3.63) is 125 Å². The average molecular weight is 590 g/mol. The Balaban J connectivity index is 1.23. The topological polar surface area (TPSA) is 12.9 Å². The van der Waals surface area contributed by atoms with E-state index in [-0.39, 0.29) is 0 Å². The Morgan fingerprint density at radius 1 is 0.556 bits per heavy atom. The maximum Gasteiger partial charge on any atom is 0.0716 e. The highest BCUT2D eigenvalue weighted by molar-refractivity contribution is 14.1. The minimum absolute atomic E-state index is 1.01. The number of rotatable bonds is 3. The molecule has 7 rings (SSSR count). The number of hydrogen-bond donors (Lipinski definition) is 0. The van der Waals surface area contributed by atoms with Crippen molar-refractivity contribution in [3.8, 4) is 33.5 Å². The molecule has 0 aliphatic heterocycles. The summed E-state index contributed by atoms with van der Waals surface area (Å²) in [7, 11) is 0. The predicted molar refractivity (Wildman–Crippen MR) is 164 cm³/mol. The van der Waals surface area contributed by atoms with Gasteiger partial charge in [0.15, 0.2) is 0 Å². The maximum atomic E-state index is 4.89. The number of halogens is 1. The van der Waals surface area contributed by atoms with Crippen LogP contribution < -0.4 is 0 Å². The lowest BCUT2D eigenvalue weighted by Crippen LogP contribution is -1.86. The number of benzene rings is 5. The van der Waals surface area contributed by atoms with E-state index in [1.165, 1.54) is 56.8 Å². The van der Waals surface area contributed by atoms with Crippen LogP contribution in [0.5, 0.6) is 0 Å². The third kappa shape index (κ3) is 3.80. The second-order valence-corrected chi connectivity index (χ2v) is 11.3. The molecule has 0 radical (unpaired) electrons. The van der Waals surface area contributed by atoms with Crippen LogP contribution in [0.2, 0.25) is 0 Å². The van der Waals surface area contributed by atoms with Gasteiger partial charge in [-0.15, -0.1) is 11.3 Å². The minimum atomic E-state index is 1.01. The van der Waals surface area contributed by atoms with Crippen LogP contribution in [0.3, 0.4) is 0 Å². The molecule has 0 saturated carbocycles. The van der Waals surface area contributed by atoms with E-state index < -0.39 is 0 Å². The number of fused-ring (bicyclic) bond motifs is 4. The fourth-order valence-corrected chi connectivity index (χ4v) is 6.50. The largest absolute Gasteiger partial charge is 0.256 e. The summed E-state index contributed by atoms with van der Waals surface area (Å²) >= 11 is 4.19. The third-order valence-corrected chi connectivity index (χ3v) is 8.73. The molecule has 0 amide bonds. The van der Waals surface area contributed by atoms with Crippen LogP contribution in [0.25, 0.3) is 64.5 Å². The first-order valence-electron chi connectivity index (χ1n) is 11.9. The second kappa shape index (κ2) is 8.84. The summed E-state index contributed by atoms with van der Waals surface area (Å²) in [6, 6.07) is 41.5. The Kier molecular flexibility index (Phi) is 5.33. The van der Waals surface area contributed by atoms with E-state index in [0.29, 0.717) is 0 Å². The zero-order valence-corrected chi connectivity index (χ0v) is 22.3. The number of pyridine rings is 1. The summed E-state index contributed by atoms with van der Waals surface area (Å²) in [5, 5.41) is 5.10. The lowest BCUT2D eigenvalue weighted by atomic mass is 9.98. The van der Waals surface area contributed by atoms with Crippen LogP contribution in [0.4, 0.5) is 0 Å². The molecule has 36 heavy (non-hydrogen) atoms. The zero-order valence-electron chi connectivity index (χ0n) is 19.3. The third-order valence-electron chi connectivity index (χ3n) is 6.79. The molecule has 2 heterocycles. The first-order chi connectivity index (χ1) is 17.7. The zero-order chi connectivity index (χ0) is 24.1. The Morgan fingerprint density at radius 2 is 1.22 bits per heavy atom. The summed E-state index contributed by atoms with van der Waals surface area (Å²) < 4.78 is 3.87. The summed E-state index contributed by atoms with van der Waals surface area (Å²) in [4.78, 5) is 4.89. The van der Waals surface area contributed by atoms with Crippen LogP contribution in [-0.2, 0) is 0 Å². The van der Waals surface area contributed by atoms with Crippen molar-refractivity contribution in [1.29, 1.82) is 0 Å². The Bertz CT molecular complexity index is 1880. The predicted octanol–water partition coefficient (Wildman–Crippen LogP) is 10.2. The maximum absolute atomic E-state index is 4.89. The van der Waals surface area contributed by atoms with Gasteiger partial charge in [0.25, 0.3) is 0 Å². The van der Waals surface area contributed by atoms with E-state index in [9.17, 15) is 0 Å². The molecule has 0 N–H and O–H groups in total. The van der Waals surface area contributed by atoms with E-state index in [0.717, 1.165) is 11.3 Å². The first kappa shape index (κ1) is 21.7. The number of hydrogen-bond acceptors (Lipinski definition) is 2. The van der Waals surface area contributed by atoms with Crippen LogP contribution in [0.15, 0.2) is 121 Å². The molecule has 1 nitrogen and oxygen atoms in total. The number of thiophene rings is 1. The molecule has 0 atom stereocenters. The number of nitrogens with zero attached hydrogens (tertiary/aromatic N) is 1. The van der Waals surface area contributed by atoms with E-state index in [1.807, 2.05) is 17.5 Å². The molecule has 0 bridgehead atoms. The summed E-state index contributed by atoms with van der Waals surface area (Å²) in [6.07, 6.45) is 2.00. The Morgan fingerprint density at radius 3 is 1.97 bits per heavy atom. The van der Waals surface area contributed by atoms with Crippen LogP contribution in [0.1, 0.15) is 0 Å². The second-order valence-electron chi connectivity index (χ2n) is 9.00. The van der Waals surface area contributed by atoms with E-state index in [1.54, 1.807) is 0 Å². The SMILES string of the molecule is Ic1ccc(-c2ccc3cc(-c4ccc(-c5cccc6c5sc5ccccc56)nc4)ccc3c2)cc1. The summed E-state index contributed by atoms with van der Waals surface area (Å²) in [5.74, 6) is 0. The van der Waals surface area contributed by atoms with Gasteiger partial charge in [-0.05, 0) is 86.5 Å². The Hall–Kier alpha value is -3.54. The van der Waals surface area contributed by atoms with Gasteiger partial charge in [0, 0.05) is 41.1 Å². The molecule has 0 spiro atoms. The highest BCUT2D eigenvalue weighted by Crippen LogP contribution is 2.39. The van der Waals surface area contributed by atoms with Crippen LogP contribution in [-0.4, -0.2) is 4.98 Å². The minimum Gasteiger partial charge on any atom is -0.256 e. The molecule has 0 unspecified atom stereocenters. The molecular weight excluding hydrogens is 569 g/mol. The van der Waals surface area contributed by atoms with Gasteiger partial charge in [-0.3, -0.25) is 4.98 Å². The first-order valence-corrected chi connectivity index (χ1v) is 13.8. The van der Waals surface area contributed by atoms with Gasteiger partial charge in [-0.25, -0.2) is 0 Å². The van der Waals surface area contributed by atoms with Crippen molar-refractivity contribution in [2.45, 2.75) is 0 Å². The molecule has 0 saturated heterocycles. The lowest BCUT2D eigenvalue weighted by molar-refractivity contribution is 1.33. The average Bonchev–Trinajstić information content (AvgIpc) is 3.32. The highest BCUT2D eigenvalue weighted by Gasteiger charge is 2.11. The van der Waals surface area contributed by atoms with Gasteiger partial charge >= 0.3 is 0 Å². The molecule has 3 heteroatoms. The lowest BCUT2D eigenvalue weighted by Gasteiger charge is -2.08. The van der Waals surface area contributed by atoms with Gasteiger partial charge < -0.3 is 0 Å². The molecule has 0 fully saturated rings. The Labute approximate surface area is 227 Å². The van der Waals surface area contributed by atoms with Gasteiger partial charge in [-0.1, -0.05) is 78.9 Å². The van der Waals surface area contributed by atoms with Gasteiger partial charge in [-0.2, -0.15) is 0 Å². The van der Waals surface area contributed by atoms with Crippen molar-refractivity contribution in [3.63, 3.8) is 0 Å². The molecule has 170 valence electrons. The van der Waals surface area contributed by atoms with Crippen LogP contribution >= 0.6 is 33.9 Å². The van der Waals surface area contributed by atoms with E-state index >= 15 is 0 Å². The van der Waals surface area contributed by atoms with Crippen molar-refractivity contribution in [2.24, 2.45) is 0 Å². The highest BCUT2D eigenvalue weighted by atomic mass is 127. The normalized spacial score (nSPS) is 11.5. The van der Waals surface area contributed by atoms with E-state index in [2.05, 4.69) is 138 Å². The van der Waals surface area contributed by atoms with E-state index in [4.69, 9.17) is 4.98 Å². The summed E-state index contributed by atoms with van der Waals surface area (Å²) in [5.41, 5.74) is 7.01. The van der Waals surface area contributed by atoms with Crippen molar-refractivity contribution in [1.82, 2.24) is 4.98 Å². The molecule has 2 aromatic heterocycles. The van der Waals surface area contributed by atoms with Gasteiger partial charge in [0.2, 0.25) is 0 Å². The molecule has 5 aromatic carbocycles.